The molecule has 1 saturated carbocycles. The van der Waals surface area contributed by atoms with E-state index in [2.05, 4.69) is 6.55 Å². The van der Waals surface area contributed by atoms with Gasteiger partial charge >= 0.3 is 0 Å². The van der Waals surface area contributed by atoms with E-state index in [0.29, 0.717) is 0 Å². The van der Waals surface area contributed by atoms with Gasteiger partial charge in [0.2, 0.25) is 0 Å². The van der Waals surface area contributed by atoms with Gasteiger partial charge in [0, 0.05) is 20.3 Å². The molecular weight excluding hydrogens is 183 g/mol. The van der Waals surface area contributed by atoms with Crippen LogP contribution in [0, 0.1) is 0 Å². The second kappa shape index (κ2) is 3.98. The van der Waals surface area contributed by atoms with Crippen molar-refractivity contribution in [2.24, 2.45) is 0 Å². The molecule has 3 heteroatoms. The van der Waals surface area contributed by atoms with Crippen LogP contribution in [-0.4, -0.2) is 20.3 Å². The first kappa shape index (κ1) is 8.89. The van der Waals surface area contributed by atoms with Crippen LogP contribution in [0.3, 0.4) is 0 Å². The third-order valence-corrected chi connectivity index (χ3v) is 5.92. The molecule has 0 amide bonds. The van der Waals surface area contributed by atoms with Crippen LogP contribution in [0.4, 0.5) is 0 Å². The van der Waals surface area contributed by atoms with Crippen molar-refractivity contribution in [3.63, 3.8) is 0 Å². The van der Waals surface area contributed by atoms with Crippen LogP contribution in [0.15, 0.2) is 0 Å². The molecule has 0 aromatic heterocycles. The molecule has 0 spiro atoms. The van der Waals surface area contributed by atoms with Crippen molar-refractivity contribution in [3.8, 4) is 0 Å². The Morgan fingerprint density at radius 2 is 2.00 bits per heavy atom. The Labute approximate surface area is 75.1 Å². The Kier molecular flexibility index (Phi) is 3.54. The highest BCUT2D eigenvalue weighted by molar-refractivity contribution is 6.41. The number of alkyl halides is 2. The van der Waals surface area contributed by atoms with Crippen molar-refractivity contribution >= 4 is 32.7 Å². The van der Waals surface area contributed by atoms with Gasteiger partial charge in [-0.05, 0) is 12.0 Å². The zero-order valence-electron chi connectivity index (χ0n) is 6.32. The quantitative estimate of drug-likeness (QED) is 0.447. The van der Waals surface area contributed by atoms with E-state index in [0.717, 1.165) is 12.0 Å². The van der Waals surface area contributed by atoms with Gasteiger partial charge in [0.05, 0.1) is 0 Å². The molecule has 0 heterocycles. The summed E-state index contributed by atoms with van der Waals surface area (Å²) in [5.41, 5.74) is 0.804. The van der Waals surface area contributed by atoms with E-state index in [9.17, 15) is 0 Å². The second-order valence-electron chi connectivity index (χ2n) is 3.06. The minimum atomic E-state index is 0.0726. The molecule has 0 radical (unpaired) electrons. The van der Waals surface area contributed by atoms with E-state index in [1.807, 2.05) is 0 Å². The van der Waals surface area contributed by atoms with Crippen molar-refractivity contribution in [3.05, 3.63) is 0 Å². The highest BCUT2D eigenvalue weighted by Gasteiger charge is 2.28. The maximum Gasteiger partial charge on any atom is 0.0499 e. The Morgan fingerprint density at radius 1 is 1.30 bits per heavy atom. The van der Waals surface area contributed by atoms with Gasteiger partial charge in [-0.1, -0.05) is 19.4 Å². The van der Waals surface area contributed by atoms with Crippen LogP contribution in [0.5, 0.6) is 0 Å². The molecule has 0 aromatic carbocycles. The smallest absolute Gasteiger partial charge is 0.0499 e. The molecular formula is C7H14Cl2Si. The molecule has 0 N–H and O–H groups in total. The van der Waals surface area contributed by atoms with E-state index in [-0.39, 0.29) is 20.3 Å². The van der Waals surface area contributed by atoms with E-state index in [1.54, 1.807) is 0 Å². The summed E-state index contributed by atoms with van der Waals surface area (Å²) in [5, 5.41) is 0.542. The van der Waals surface area contributed by atoms with Gasteiger partial charge in [-0.15, -0.1) is 23.2 Å². The van der Waals surface area contributed by atoms with Crippen molar-refractivity contribution in [2.45, 2.75) is 42.1 Å². The molecule has 0 nitrogen and oxygen atoms in total. The molecule has 0 aromatic rings. The Bertz CT molecular complexity index is 108. The average molecular weight is 197 g/mol. The van der Waals surface area contributed by atoms with Crippen LogP contribution >= 0.6 is 23.2 Å². The number of rotatable bonds is 1. The summed E-state index contributed by atoms with van der Waals surface area (Å²) < 4.78 is 0. The van der Waals surface area contributed by atoms with Gasteiger partial charge in [0.25, 0.3) is 0 Å². The van der Waals surface area contributed by atoms with E-state index < -0.39 is 0 Å². The maximum atomic E-state index is 6.14. The lowest BCUT2D eigenvalue weighted by Gasteiger charge is -2.29. The molecule has 10 heavy (non-hydrogen) atoms. The average Bonchev–Trinajstić information content (AvgIpc) is 1.95. The number of hydrogen-bond donors (Lipinski definition) is 0. The molecule has 1 rings (SSSR count). The van der Waals surface area contributed by atoms with Gasteiger partial charge < -0.3 is 0 Å². The number of halogens is 2. The van der Waals surface area contributed by atoms with Gasteiger partial charge in [-0.2, -0.15) is 0 Å². The SMILES string of the molecule is C[SiH2]C1CCCC(Cl)C1Cl. The third kappa shape index (κ3) is 1.90. The summed E-state index contributed by atoms with van der Waals surface area (Å²) in [7, 11) is 0.0726. The standard InChI is InChI=1S/C7H14Cl2Si/c1-10-6-4-2-3-5(8)7(6)9/h5-7H,2-4,10H2,1H3. The third-order valence-electron chi connectivity index (χ3n) is 2.38. The molecule has 0 bridgehead atoms. The van der Waals surface area contributed by atoms with Crippen LogP contribution in [0.2, 0.25) is 12.1 Å². The van der Waals surface area contributed by atoms with E-state index >= 15 is 0 Å². The predicted octanol–water partition coefficient (Wildman–Crippen LogP) is 2.39. The van der Waals surface area contributed by atoms with E-state index in [1.165, 1.54) is 12.8 Å². The fourth-order valence-corrected chi connectivity index (χ4v) is 4.41. The summed E-state index contributed by atoms with van der Waals surface area (Å²) in [6.07, 6.45) is 3.75. The van der Waals surface area contributed by atoms with Crippen LogP contribution in [0.25, 0.3) is 0 Å². The number of hydrogen-bond acceptors (Lipinski definition) is 0. The fourth-order valence-electron chi connectivity index (χ4n) is 1.62. The fraction of sp³-hybridized carbons (Fsp3) is 1.00. The van der Waals surface area contributed by atoms with Crippen molar-refractivity contribution < 1.29 is 0 Å². The molecule has 0 aliphatic heterocycles. The van der Waals surface area contributed by atoms with Gasteiger partial charge in [-0.3, -0.25) is 0 Å². The van der Waals surface area contributed by atoms with Gasteiger partial charge in [-0.25, -0.2) is 0 Å². The topological polar surface area (TPSA) is 0 Å². The Hall–Kier alpha value is 0.797. The van der Waals surface area contributed by atoms with Crippen molar-refractivity contribution in [1.82, 2.24) is 0 Å². The molecule has 0 saturated heterocycles. The van der Waals surface area contributed by atoms with Gasteiger partial charge in [0.15, 0.2) is 0 Å². The summed E-state index contributed by atoms with van der Waals surface area (Å²) in [6.45, 7) is 2.33. The molecule has 3 unspecified atom stereocenters. The molecule has 1 aliphatic carbocycles. The Morgan fingerprint density at radius 3 is 2.50 bits per heavy atom. The molecule has 1 fully saturated rings. The summed E-state index contributed by atoms with van der Waals surface area (Å²) in [5.74, 6) is 0. The maximum absolute atomic E-state index is 6.14. The minimum Gasteiger partial charge on any atom is -0.121 e. The largest absolute Gasteiger partial charge is 0.121 e. The lowest BCUT2D eigenvalue weighted by atomic mass is 9.99. The lowest BCUT2D eigenvalue weighted by molar-refractivity contribution is 0.514. The summed E-state index contributed by atoms with van der Waals surface area (Å²) >= 11 is 12.2. The van der Waals surface area contributed by atoms with Crippen LogP contribution in [-0.2, 0) is 0 Å². The van der Waals surface area contributed by atoms with Crippen LogP contribution in [0.1, 0.15) is 19.3 Å². The second-order valence-corrected chi connectivity index (χ2v) is 5.99. The normalized spacial score (nSPS) is 42.9. The zero-order chi connectivity index (χ0) is 7.56. The van der Waals surface area contributed by atoms with Crippen molar-refractivity contribution in [2.75, 3.05) is 0 Å². The highest BCUT2D eigenvalue weighted by Crippen LogP contribution is 2.35. The molecule has 3 atom stereocenters. The minimum absolute atomic E-state index is 0.0726. The molecule has 60 valence electrons. The first-order chi connectivity index (χ1) is 4.75. The Balaban J connectivity index is 2.42. The summed E-state index contributed by atoms with van der Waals surface area (Å²) in [4.78, 5) is 0. The monoisotopic (exact) mass is 196 g/mol. The highest BCUT2D eigenvalue weighted by atomic mass is 35.5. The molecule has 1 aliphatic rings. The van der Waals surface area contributed by atoms with Crippen LogP contribution < -0.4 is 0 Å². The summed E-state index contributed by atoms with van der Waals surface area (Å²) in [6, 6.07) is 0. The zero-order valence-corrected chi connectivity index (χ0v) is 9.24. The first-order valence-corrected chi connectivity index (χ1v) is 7.14. The predicted molar refractivity (Wildman–Crippen MR) is 51.3 cm³/mol. The van der Waals surface area contributed by atoms with E-state index in [4.69, 9.17) is 23.2 Å². The first-order valence-electron chi connectivity index (χ1n) is 4.03. The van der Waals surface area contributed by atoms with Gasteiger partial charge in [0.1, 0.15) is 0 Å². The van der Waals surface area contributed by atoms with Crippen molar-refractivity contribution in [1.29, 1.82) is 0 Å². The lowest BCUT2D eigenvalue weighted by Crippen LogP contribution is -2.28.